The summed E-state index contributed by atoms with van der Waals surface area (Å²) in [6.07, 6.45) is 1.31. The van der Waals surface area contributed by atoms with Crippen LogP contribution in [0.2, 0.25) is 0 Å². The number of hydrogen-bond donors (Lipinski definition) is 1. The van der Waals surface area contributed by atoms with Crippen LogP contribution in [0.4, 0.5) is 18.9 Å². The molecular weight excluding hydrogens is 433 g/mol. The average molecular weight is 456 g/mol. The van der Waals surface area contributed by atoms with Gasteiger partial charge in [-0.15, -0.1) is 13.2 Å². The molecule has 0 radical (unpaired) electrons. The molecule has 172 valence electrons. The van der Waals surface area contributed by atoms with Crippen molar-refractivity contribution in [3.8, 4) is 5.75 Å². The van der Waals surface area contributed by atoms with Crippen molar-refractivity contribution in [2.75, 3.05) is 5.32 Å². The Kier molecular flexibility index (Phi) is 5.38. The van der Waals surface area contributed by atoms with Crippen LogP contribution in [0.5, 0.6) is 5.75 Å². The van der Waals surface area contributed by atoms with Crippen molar-refractivity contribution in [3.63, 3.8) is 0 Å². The fourth-order valence-corrected chi connectivity index (χ4v) is 5.34. The van der Waals surface area contributed by atoms with Gasteiger partial charge in [0.05, 0.1) is 6.54 Å². The number of halogens is 3. The van der Waals surface area contributed by atoms with Crippen LogP contribution in [0.25, 0.3) is 10.8 Å². The average Bonchev–Trinajstić information content (AvgIpc) is 3.40. The van der Waals surface area contributed by atoms with Crippen LogP contribution in [-0.4, -0.2) is 16.8 Å². The number of nitrogens with zero attached hydrogens (tertiary/aromatic N) is 1. The van der Waals surface area contributed by atoms with Crippen LogP contribution in [0, 0.1) is 17.8 Å². The van der Waals surface area contributed by atoms with Gasteiger partial charge in [0.15, 0.2) is 0 Å². The molecule has 0 spiro atoms. The molecule has 2 fully saturated rings. The standard InChI is InChI=1S/C25H23F3N2O3/c26-25(27,28)33-18-8-5-15(6-9-18)14-30-11-10-19-20(24(30)32)2-1-3-22(19)29-23(31)21-13-16-4-7-17(21)12-16/h1-3,5-6,8-11,16-17,21H,4,7,12-14H2,(H,29,31)/t16-,17+,21?/m0/s1. The van der Waals surface area contributed by atoms with E-state index in [0.717, 1.165) is 19.3 Å². The largest absolute Gasteiger partial charge is 0.573 e. The first kappa shape index (κ1) is 21.6. The first-order valence-electron chi connectivity index (χ1n) is 11.0. The zero-order chi connectivity index (χ0) is 23.2. The van der Waals surface area contributed by atoms with Crippen LogP contribution in [0.15, 0.2) is 59.5 Å². The summed E-state index contributed by atoms with van der Waals surface area (Å²) in [4.78, 5) is 25.9. The van der Waals surface area contributed by atoms with Crippen molar-refractivity contribution in [2.45, 2.75) is 38.6 Å². The van der Waals surface area contributed by atoms with Gasteiger partial charge in [-0.25, -0.2) is 0 Å². The summed E-state index contributed by atoms with van der Waals surface area (Å²) in [6.45, 7) is 0.197. The Morgan fingerprint density at radius 3 is 2.48 bits per heavy atom. The van der Waals surface area contributed by atoms with Crippen molar-refractivity contribution in [2.24, 2.45) is 17.8 Å². The normalized spacial score (nSPS) is 22.0. The number of alkyl halides is 3. The molecule has 2 bridgehead atoms. The minimum atomic E-state index is -4.75. The number of fused-ring (bicyclic) bond motifs is 3. The number of aromatic nitrogens is 1. The zero-order valence-corrected chi connectivity index (χ0v) is 17.8. The Hall–Kier alpha value is -3.29. The number of ether oxygens (including phenoxy) is 1. The zero-order valence-electron chi connectivity index (χ0n) is 17.8. The summed E-state index contributed by atoms with van der Waals surface area (Å²) in [5, 5.41) is 4.18. The van der Waals surface area contributed by atoms with Gasteiger partial charge in [-0.05, 0) is 67.0 Å². The predicted molar refractivity (Wildman–Crippen MR) is 118 cm³/mol. The van der Waals surface area contributed by atoms with E-state index >= 15 is 0 Å². The molecule has 2 saturated carbocycles. The molecule has 1 aromatic heterocycles. The molecule has 5 rings (SSSR count). The summed E-state index contributed by atoms with van der Waals surface area (Å²) in [7, 11) is 0. The third-order valence-corrected chi connectivity index (χ3v) is 6.86. The fraction of sp³-hybridized carbons (Fsp3) is 0.360. The molecule has 1 amide bonds. The van der Waals surface area contributed by atoms with Gasteiger partial charge in [0, 0.05) is 28.6 Å². The van der Waals surface area contributed by atoms with Crippen molar-refractivity contribution >= 4 is 22.4 Å². The van der Waals surface area contributed by atoms with Crippen LogP contribution in [0.1, 0.15) is 31.2 Å². The van der Waals surface area contributed by atoms with E-state index in [2.05, 4.69) is 10.1 Å². The molecule has 3 aromatic rings. The van der Waals surface area contributed by atoms with Crippen LogP contribution in [-0.2, 0) is 11.3 Å². The van der Waals surface area contributed by atoms with Crippen molar-refractivity contribution < 1.29 is 22.7 Å². The van der Waals surface area contributed by atoms with E-state index in [1.165, 1.54) is 35.3 Å². The smallest absolute Gasteiger partial charge is 0.406 e. The number of rotatable bonds is 5. The molecule has 3 atom stereocenters. The molecule has 0 aliphatic heterocycles. The first-order chi connectivity index (χ1) is 15.8. The van der Waals surface area contributed by atoms with Crippen LogP contribution < -0.4 is 15.6 Å². The molecule has 1 unspecified atom stereocenters. The summed E-state index contributed by atoms with van der Waals surface area (Å²) >= 11 is 0. The highest BCUT2D eigenvalue weighted by Gasteiger charge is 2.43. The number of benzene rings is 2. The summed E-state index contributed by atoms with van der Waals surface area (Å²) < 4.78 is 42.4. The Bertz CT molecular complexity index is 1250. The Balaban J connectivity index is 1.35. The Morgan fingerprint density at radius 1 is 1.03 bits per heavy atom. The van der Waals surface area contributed by atoms with Gasteiger partial charge >= 0.3 is 6.36 Å². The number of anilines is 1. The summed E-state index contributed by atoms with van der Waals surface area (Å²) in [6, 6.07) is 12.5. The molecule has 5 nitrogen and oxygen atoms in total. The van der Waals surface area contributed by atoms with Crippen molar-refractivity contribution in [1.82, 2.24) is 4.57 Å². The molecular formula is C25H23F3N2O3. The van der Waals surface area contributed by atoms with Gasteiger partial charge in [0.2, 0.25) is 5.91 Å². The Morgan fingerprint density at radius 2 is 1.82 bits per heavy atom. The highest BCUT2D eigenvalue weighted by atomic mass is 19.4. The maximum atomic E-state index is 13.1. The van der Waals surface area contributed by atoms with Gasteiger partial charge in [-0.2, -0.15) is 0 Å². The Labute approximate surface area is 188 Å². The second-order valence-electron chi connectivity index (χ2n) is 8.98. The SMILES string of the molecule is O=C(Nc1cccc2c(=O)n(Cc3ccc(OC(F)(F)F)cc3)ccc12)C1C[C@H]2CC[C@@H]1C2. The van der Waals surface area contributed by atoms with Gasteiger partial charge < -0.3 is 14.6 Å². The van der Waals surface area contributed by atoms with E-state index in [9.17, 15) is 22.8 Å². The highest BCUT2D eigenvalue weighted by molar-refractivity contribution is 6.02. The van der Waals surface area contributed by atoms with E-state index in [-0.39, 0.29) is 29.7 Å². The van der Waals surface area contributed by atoms with Gasteiger partial charge in [-0.3, -0.25) is 9.59 Å². The van der Waals surface area contributed by atoms with E-state index in [1.54, 1.807) is 30.5 Å². The quantitative estimate of drug-likeness (QED) is 0.565. The molecule has 33 heavy (non-hydrogen) atoms. The topological polar surface area (TPSA) is 60.3 Å². The van der Waals surface area contributed by atoms with Crippen LogP contribution >= 0.6 is 0 Å². The van der Waals surface area contributed by atoms with Crippen molar-refractivity contribution in [3.05, 3.63) is 70.6 Å². The lowest BCUT2D eigenvalue weighted by Gasteiger charge is -2.21. The molecule has 2 aliphatic rings. The van der Waals surface area contributed by atoms with E-state index in [0.29, 0.717) is 33.9 Å². The lowest BCUT2D eigenvalue weighted by Crippen LogP contribution is -2.27. The number of carbonyl (C=O) groups is 1. The molecule has 8 heteroatoms. The van der Waals surface area contributed by atoms with Crippen LogP contribution in [0.3, 0.4) is 0 Å². The maximum Gasteiger partial charge on any atom is 0.573 e. The van der Waals surface area contributed by atoms with Gasteiger partial charge in [0.25, 0.3) is 5.56 Å². The number of amides is 1. The van der Waals surface area contributed by atoms with Gasteiger partial charge in [0.1, 0.15) is 5.75 Å². The van der Waals surface area contributed by atoms with E-state index in [4.69, 9.17) is 0 Å². The molecule has 2 aromatic carbocycles. The number of pyridine rings is 1. The number of nitrogens with one attached hydrogen (secondary N) is 1. The second kappa shape index (κ2) is 8.24. The third-order valence-electron chi connectivity index (χ3n) is 6.86. The first-order valence-corrected chi connectivity index (χ1v) is 11.0. The number of hydrogen-bond acceptors (Lipinski definition) is 3. The molecule has 1 heterocycles. The fourth-order valence-electron chi connectivity index (χ4n) is 5.34. The third kappa shape index (κ3) is 4.47. The lowest BCUT2D eigenvalue weighted by atomic mass is 9.88. The molecule has 2 aliphatic carbocycles. The monoisotopic (exact) mass is 456 g/mol. The van der Waals surface area contributed by atoms with E-state index in [1.807, 2.05) is 0 Å². The minimum absolute atomic E-state index is 0.0278. The van der Waals surface area contributed by atoms with Gasteiger partial charge in [-0.1, -0.05) is 24.6 Å². The maximum absolute atomic E-state index is 13.1. The predicted octanol–water partition coefficient (Wildman–Crippen LogP) is 5.32. The van der Waals surface area contributed by atoms with E-state index < -0.39 is 6.36 Å². The van der Waals surface area contributed by atoms with Crippen molar-refractivity contribution in [1.29, 1.82) is 0 Å². The highest BCUT2D eigenvalue weighted by Crippen LogP contribution is 2.48. The molecule has 0 saturated heterocycles. The second-order valence-corrected chi connectivity index (χ2v) is 8.98. The number of carbonyl (C=O) groups excluding carboxylic acids is 1. The summed E-state index contributed by atoms with van der Waals surface area (Å²) in [5.41, 5.74) is 1.05. The summed E-state index contributed by atoms with van der Waals surface area (Å²) in [5.74, 6) is 0.895. The lowest BCUT2D eigenvalue weighted by molar-refractivity contribution is -0.274. The minimum Gasteiger partial charge on any atom is -0.406 e. The molecule has 1 N–H and O–H groups in total.